The second kappa shape index (κ2) is 4.38. The Morgan fingerprint density at radius 1 is 1.88 bits per heavy atom. The average Bonchev–Trinajstić information content (AvgIpc) is 1.84. The summed E-state index contributed by atoms with van der Waals surface area (Å²) < 4.78 is 5.21. The minimum absolute atomic E-state index is 0.107. The molecule has 0 aliphatic heterocycles. The van der Waals surface area contributed by atoms with Crippen LogP contribution in [-0.4, -0.2) is 28.9 Å². The third-order valence-corrected chi connectivity index (χ3v) is 7.50. The summed E-state index contributed by atoms with van der Waals surface area (Å²) in [7, 11) is 6.28. The van der Waals surface area contributed by atoms with Crippen LogP contribution in [0, 0.1) is 0 Å². The molecular formula is C4H8O2SSn. The summed E-state index contributed by atoms with van der Waals surface area (Å²) in [5, 5.41) is 0. The van der Waals surface area contributed by atoms with Crippen LogP contribution in [-0.2, 0) is 4.74 Å². The van der Waals surface area contributed by atoms with Crippen molar-refractivity contribution in [2.45, 2.75) is 11.4 Å². The van der Waals surface area contributed by atoms with Crippen LogP contribution in [0.5, 0.6) is 0 Å². The molecule has 0 bridgehead atoms. The van der Waals surface area contributed by atoms with Gasteiger partial charge in [-0.15, -0.1) is 0 Å². The van der Waals surface area contributed by atoms with E-state index >= 15 is 0 Å². The van der Waals surface area contributed by atoms with Gasteiger partial charge in [-0.25, -0.2) is 0 Å². The zero-order valence-corrected chi connectivity index (χ0v) is 8.60. The van der Waals surface area contributed by atoms with Crippen LogP contribution >= 0.6 is 9.29 Å². The molecule has 4 heteroatoms. The average molecular weight is 239 g/mol. The Balaban J connectivity index is 3.64. The van der Waals surface area contributed by atoms with Crippen LogP contribution in [0.1, 0.15) is 6.92 Å². The first kappa shape index (κ1) is 8.49. The van der Waals surface area contributed by atoms with Crippen LogP contribution in [0.25, 0.3) is 0 Å². The number of carbonyl (C=O) groups excluding carboxylic acids is 1. The molecule has 0 unspecified atom stereocenters. The maximum absolute atomic E-state index is 10.5. The van der Waals surface area contributed by atoms with Crippen molar-refractivity contribution in [3.05, 3.63) is 0 Å². The molecule has 46 valence electrons. The van der Waals surface area contributed by atoms with E-state index in [1.807, 2.05) is 6.92 Å². The van der Waals surface area contributed by atoms with Crippen LogP contribution < -0.4 is 0 Å². The first-order valence-corrected chi connectivity index (χ1v) is 9.68. The second-order valence-electron chi connectivity index (χ2n) is 1.27. The van der Waals surface area contributed by atoms with Gasteiger partial charge in [0.25, 0.3) is 0 Å². The van der Waals surface area contributed by atoms with Gasteiger partial charge in [-0.2, -0.15) is 0 Å². The summed E-state index contributed by atoms with van der Waals surface area (Å²) in [6.07, 6.45) is 0. The molecule has 0 saturated heterocycles. The molecule has 0 heterocycles. The number of hydrogen-bond donors (Lipinski definition) is 0. The van der Waals surface area contributed by atoms with Crippen molar-refractivity contribution in [3.63, 3.8) is 0 Å². The van der Waals surface area contributed by atoms with Crippen molar-refractivity contribution in [1.82, 2.24) is 0 Å². The monoisotopic (exact) mass is 240 g/mol. The standard InChI is InChI=1S/C2H3O2.C2H5.S.Sn/c1-4-2-3;1-2;;/h1H3;1H2,2H3;;. The van der Waals surface area contributed by atoms with Gasteiger partial charge in [0.2, 0.25) is 0 Å². The predicted octanol–water partition coefficient (Wildman–Crippen LogP) is 1.54. The van der Waals surface area contributed by atoms with E-state index in [1.54, 1.807) is 0 Å². The normalized spacial score (nSPS) is 8.25. The van der Waals surface area contributed by atoms with E-state index in [4.69, 9.17) is 9.29 Å². The summed E-state index contributed by atoms with van der Waals surface area (Å²) >= 11 is -2.05. The Hall–Kier alpha value is 0.489. The topological polar surface area (TPSA) is 26.3 Å². The number of hydrogen-bond acceptors (Lipinski definition) is 3. The van der Waals surface area contributed by atoms with Crippen LogP contribution in [0.3, 0.4) is 0 Å². The maximum atomic E-state index is 10.5. The number of rotatable bonds is 2. The molecule has 0 aromatic rings. The van der Waals surface area contributed by atoms with E-state index in [0.29, 0.717) is 0 Å². The van der Waals surface area contributed by atoms with Gasteiger partial charge >= 0.3 is 59.1 Å². The van der Waals surface area contributed by atoms with E-state index in [-0.39, 0.29) is 3.99 Å². The fourth-order valence-corrected chi connectivity index (χ4v) is 2.29. The summed E-state index contributed by atoms with van der Waals surface area (Å²) in [6.45, 7) is 1.94. The summed E-state index contributed by atoms with van der Waals surface area (Å²) in [5.74, 6) is 0. The van der Waals surface area contributed by atoms with E-state index in [9.17, 15) is 4.79 Å². The van der Waals surface area contributed by atoms with Crippen molar-refractivity contribution in [3.8, 4) is 0 Å². The molecule has 0 fully saturated rings. The Morgan fingerprint density at radius 3 is 2.50 bits per heavy atom. The summed E-state index contributed by atoms with van der Waals surface area (Å²) in [6, 6.07) is 0. The molecule has 0 aromatic carbocycles. The quantitative estimate of drug-likeness (QED) is 0.683. The van der Waals surface area contributed by atoms with E-state index in [2.05, 4.69) is 4.74 Å². The van der Waals surface area contributed by atoms with Gasteiger partial charge in [-0.3, -0.25) is 0 Å². The molecule has 0 amide bonds. The van der Waals surface area contributed by atoms with E-state index in [0.717, 1.165) is 4.44 Å². The Morgan fingerprint density at radius 2 is 2.38 bits per heavy atom. The molecule has 2 nitrogen and oxygen atoms in total. The summed E-state index contributed by atoms with van der Waals surface area (Å²) in [5.41, 5.74) is 0. The van der Waals surface area contributed by atoms with Crippen molar-refractivity contribution >= 4 is 31.1 Å². The molecule has 8 heavy (non-hydrogen) atoms. The molecule has 0 aliphatic carbocycles. The first-order chi connectivity index (χ1) is 3.72. The number of methoxy groups -OCH3 is 1. The van der Waals surface area contributed by atoms with Crippen molar-refractivity contribution in [2.24, 2.45) is 0 Å². The van der Waals surface area contributed by atoms with Gasteiger partial charge in [0.1, 0.15) is 0 Å². The Labute approximate surface area is 59.1 Å². The Bertz CT molecular complexity index is 98.6. The van der Waals surface area contributed by atoms with Gasteiger partial charge < -0.3 is 0 Å². The molecular weight excluding hydrogens is 231 g/mol. The van der Waals surface area contributed by atoms with Gasteiger partial charge in [-0.05, 0) is 0 Å². The molecule has 0 atom stereocenters. The van der Waals surface area contributed by atoms with E-state index < -0.39 is 17.8 Å². The number of carbonyl (C=O) groups is 1. The zero-order valence-electron chi connectivity index (χ0n) is 4.93. The van der Waals surface area contributed by atoms with Crippen molar-refractivity contribution in [2.75, 3.05) is 7.11 Å². The molecule has 0 aromatic heterocycles. The summed E-state index contributed by atoms with van der Waals surface area (Å²) in [4.78, 5) is 10.5. The van der Waals surface area contributed by atoms with Crippen molar-refractivity contribution in [1.29, 1.82) is 0 Å². The first-order valence-electron chi connectivity index (χ1n) is 2.33. The van der Waals surface area contributed by atoms with Crippen LogP contribution in [0.2, 0.25) is 4.44 Å². The third kappa shape index (κ3) is 2.71. The minimum atomic E-state index is -2.05. The molecule has 0 N–H and O–H groups in total. The zero-order chi connectivity index (χ0) is 6.57. The number of ether oxygens (including phenoxy) is 1. The van der Waals surface area contributed by atoms with Crippen LogP contribution in [0.4, 0.5) is 4.79 Å². The van der Waals surface area contributed by atoms with Gasteiger partial charge in [-0.1, -0.05) is 0 Å². The second-order valence-corrected chi connectivity index (χ2v) is 10.2. The fourth-order valence-electron chi connectivity index (χ4n) is 0.258. The molecule has 0 aliphatic rings. The Kier molecular flexibility index (Phi) is 4.64. The predicted molar refractivity (Wildman–Crippen MR) is 36.2 cm³/mol. The third-order valence-electron chi connectivity index (χ3n) is 0.734. The van der Waals surface area contributed by atoms with Gasteiger partial charge in [0.15, 0.2) is 0 Å². The van der Waals surface area contributed by atoms with E-state index in [1.165, 1.54) is 7.11 Å². The SMILES string of the molecule is C[CH2][Sn](=[S])[C](=O)OC. The molecule has 0 saturated carbocycles. The molecule has 0 radical (unpaired) electrons. The van der Waals surface area contributed by atoms with Gasteiger partial charge in [0, 0.05) is 0 Å². The van der Waals surface area contributed by atoms with Crippen LogP contribution in [0.15, 0.2) is 0 Å². The molecule has 0 rings (SSSR count). The van der Waals surface area contributed by atoms with Gasteiger partial charge in [0.05, 0.1) is 0 Å². The van der Waals surface area contributed by atoms with Crippen molar-refractivity contribution < 1.29 is 9.53 Å². The fraction of sp³-hybridized carbons (Fsp3) is 0.750. The molecule has 0 spiro atoms.